The molecule has 24 heavy (non-hydrogen) atoms. The number of sulfone groups is 1. The highest BCUT2D eigenvalue weighted by atomic mass is 32.2. The summed E-state index contributed by atoms with van der Waals surface area (Å²) >= 11 is 0. The van der Waals surface area contributed by atoms with Crippen LogP contribution >= 0.6 is 0 Å². The summed E-state index contributed by atoms with van der Waals surface area (Å²) in [6.07, 6.45) is 9.14. The number of carbonyl (C=O) groups is 1. The van der Waals surface area contributed by atoms with Gasteiger partial charge in [-0.15, -0.1) is 0 Å². The van der Waals surface area contributed by atoms with E-state index in [0.717, 1.165) is 38.5 Å². The fraction of sp³-hybridized carbons (Fsp3) is 0.611. The minimum atomic E-state index is -3.23. The quantitative estimate of drug-likeness (QED) is 0.866. The Morgan fingerprint density at radius 2 is 1.46 bits per heavy atom. The molecule has 0 radical (unpaired) electrons. The van der Waals surface area contributed by atoms with Gasteiger partial charge in [0.1, 0.15) is 0 Å². The molecule has 0 atom stereocenters. The highest BCUT2D eigenvalue weighted by Gasteiger charge is 2.30. The van der Waals surface area contributed by atoms with E-state index in [0.29, 0.717) is 10.6 Å². The summed E-state index contributed by atoms with van der Waals surface area (Å²) in [5.41, 5.74) is 0.619. The van der Waals surface area contributed by atoms with Crippen molar-refractivity contribution < 1.29 is 13.2 Å². The Labute approximate surface area is 144 Å². The first-order valence-electron chi connectivity index (χ1n) is 8.97. The maximum atomic E-state index is 12.5. The molecule has 2 aliphatic carbocycles. The number of carbonyl (C=O) groups excluding carboxylic acids is 1. The van der Waals surface area contributed by atoms with Crippen LogP contribution in [0, 0.1) is 0 Å². The second kappa shape index (κ2) is 7.55. The number of amides is 2. The summed E-state index contributed by atoms with van der Waals surface area (Å²) in [5, 5.41) is 5.54. The molecule has 2 saturated carbocycles. The van der Waals surface area contributed by atoms with Crippen molar-refractivity contribution in [3.8, 4) is 0 Å². The lowest BCUT2D eigenvalue weighted by Crippen LogP contribution is -2.39. The molecule has 0 bridgehead atoms. The smallest absolute Gasteiger partial charge is 0.319 e. The molecule has 0 saturated heterocycles. The first-order valence-corrected chi connectivity index (χ1v) is 10.5. The molecule has 2 N–H and O–H groups in total. The van der Waals surface area contributed by atoms with Crippen LogP contribution in [-0.4, -0.2) is 25.7 Å². The lowest BCUT2D eigenvalue weighted by Gasteiger charge is -2.22. The Kier molecular flexibility index (Phi) is 5.43. The molecule has 0 heterocycles. The highest BCUT2D eigenvalue weighted by Crippen LogP contribution is 2.30. The molecule has 3 rings (SSSR count). The van der Waals surface area contributed by atoms with Crippen LogP contribution < -0.4 is 10.6 Å². The average Bonchev–Trinajstić information content (AvgIpc) is 3.11. The van der Waals surface area contributed by atoms with Gasteiger partial charge in [-0.3, -0.25) is 0 Å². The number of hydrogen-bond acceptors (Lipinski definition) is 3. The minimum Gasteiger partial charge on any atom is -0.335 e. The fourth-order valence-electron chi connectivity index (χ4n) is 3.72. The number of nitrogens with one attached hydrogen (secondary N) is 2. The van der Waals surface area contributed by atoms with Crippen molar-refractivity contribution in [3.05, 3.63) is 24.3 Å². The van der Waals surface area contributed by atoms with Crippen LogP contribution in [0.3, 0.4) is 0 Å². The van der Waals surface area contributed by atoms with E-state index in [1.807, 2.05) is 0 Å². The summed E-state index contributed by atoms with van der Waals surface area (Å²) in [5.74, 6) is 0. The van der Waals surface area contributed by atoms with Gasteiger partial charge in [-0.25, -0.2) is 13.2 Å². The van der Waals surface area contributed by atoms with E-state index in [-0.39, 0.29) is 17.3 Å². The Morgan fingerprint density at radius 1 is 0.875 bits per heavy atom. The van der Waals surface area contributed by atoms with Crippen molar-refractivity contribution in [3.63, 3.8) is 0 Å². The van der Waals surface area contributed by atoms with Crippen molar-refractivity contribution in [2.24, 2.45) is 0 Å². The molecule has 6 heteroatoms. The monoisotopic (exact) mass is 350 g/mol. The van der Waals surface area contributed by atoms with Gasteiger partial charge in [-0.05, 0) is 49.9 Å². The Balaban J connectivity index is 1.58. The van der Waals surface area contributed by atoms with Crippen molar-refractivity contribution >= 4 is 21.6 Å². The van der Waals surface area contributed by atoms with E-state index in [1.165, 1.54) is 19.3 Å². The SMILES string of the molecule is O=C(Nc1ccc(S(=O)(=O)C2CCCC2)cc1)NC1CCCCC1. The van der Waals surface area contributed by atoms with Gasteiger partial charge >= 0.3 is 6.03 Å². The molecule has 1 aromatic rings. The molecular formula is C18H26N2O3S. The average molecular weight is 350 g/mol. The summed E-state index contributed by atoms with van der Waals surface area (Å²) < 4.78 is 25.1. The molecule has 2 fully saturated rings. The molecule has 0 aliphatic heterocycles. The third kappa shape index (κ3) is 4.09. The topological polar surface area (TPSA) is 75.3 Å². The second-order valence-electron chi connectivity index (χ2n) is 6.91. The Hall–Kier alpha value is -1.56. The lowest BCUT2D eigenvalue weighted by atomic mass is 9.96. The second-order valence-corrected chi connectivity index (χ2v) is 9.14. The molecule has 1 aromatic carbocycles. The van der Waals surface area contributed by atoms with Gasteiger partial charge in [-0.2, -0.15) is 0 Å². The molecule has 2 aliphatic rings. The van der Waals surface area contributed by atoms with E-state index >= 15 is 0 Å². The van der Waals surface area contributed by atoms with E-state index in [9.17, 15) is 13.2 Å². The molecule has 0 aromatic heterocycles. The van der Waals surface area contributed by atoms with Gasteiger partial charge in [0.15, 0.2) is 9.84 Å². The summed E-state index contributed by atoms with van der Waals surface area (Å²) in [6, 6.07) is 6.58. The predicted octanol–water partition coefficient (Wildman–Crippen LogP) is 3.86. The van der Waals surface area contributed by atoms with Crippen LogP contribution in [0.2, 0.25) is 0 Å². The third-order valence-electron chi connectivity index (χ3n) is 5.12. The number of anilines is 1. The van der Waals surface area contributed by atoms with E-state index in [4.69, 9.17) is 0 Å². The van der Waals surface area contributed by atoms with Crippen LogP contribution in [0.5, 0.6) is 0 Å². The van der Waals surface area contributed by atoms with Gasteiger partial charge < -0.3 is 10.6 Å². The largest absolute Gasteiger partial charge is 0.335 e. The standard InChI is InChI=1S/C18H26N2O3S/c21-18(19-14-6-2-1-3-7-14)20-15-10-12-17(13-11-15)24(22,23)16-8-4-5-9-16/h10-14,16H,1-9H2,(H2,19,20,21). The fourth-order valence-corrected chi connectivity index (χ4v) is 5.57. The van der Waals surface area contributed by atoms with Crippen LogP contribution in [-0.2, 0) is 9.84 Å². The molecule has 5 nitrogen and oxygen atoms in total. The molecule has 132 valence electrons. The molecule has 2 amide bonds. The Bertz CT molecular complexity index is 658. The maximum absolute atomic E-state index is 12.5. The number of hydrogen-bond donors (Lipinski definition) is 2. The Morgan fingerprint density at radius 3 is 2.08 bits per heavy atom. The first-order chi connectivity index (χ1) is 11.6. The van der Waals surface area contributed by atoms with Crippen LogP contribution in [0.4, 0.5) is 10.5 Å². The van der Waals surface area contributed by atoms with Crippen molar-refractivity contribution in [2.75, 3.05) is 5.32 Å². The van der Waals surface area contributed by atoms with Gasteiger partial charge in [0.25, 0.3) is 0 Å². The van der Waals surface area contributed by atoms with Crippen molar-refractivity contribution in [1.82, 2.24) is 5.32 Å². The zero-order valence-corrected chi connectivity index (χ0v) is 14.8. The zero-order chi connectivity index (χ0) is 17.0. The molecule has 0 unspecified atom stereocenters. The predicted molar refractivity (Wildman–Crippen MR) is 94.9 cm³/mol. The lowest BCUT2D eigenvalue weighted by molar-refractivity contribution is 0.244. The highest BCUT2D eigenvalue weighted by molar-refractivity contribution is 7.92. The summed E-state index contributed by atoms with van der Waals surface area (Å²) in [7, 11) is -3.23. The van der Waals surface area contributed by atoms with E-state index < -0.39 is 9.84 Å². The summed E-state index contributed by atoms with van der Waals surface area (Å²) in [4.78, 5) is 12.4. The third-order valence-corrected chi connectivity index (χ3v) is 7.40. The minimum absolute atomic E-state index is 0.215. The van der Waals surface area contributed by atoms with E-state index in [1.54, 1.807) is 24.3 Å². The first kappa shape index (κ1) is 17.3. The number of rotatable bonds is 4. The number of benzene rings is 1. The van der Waals surface area contributed by atoms with Crippen molar-refractivity contribution in [1.29, 1.82) is 0 Å². The zero-order valence-electron chi connectivity index (χ0n) is 14.0. The van der Waals surface area contributed by atoms with Crippen LogP contribution in [0.15, 0.2) is 29.2 Å². The van der Waals surface area contributed by atoms with Gasteiger partial charge in [0.2, 0.25) is 0 Å². The normalized spacial score (nSPS) is 20.0. The van der Waals surface area contributed by atoms with Crippen molar-refractivity contribution in [2.45, 2.75) is 74.0 Å². The summed E-state index contributed by atoms with van der Waals surface area (Å²) in [6.45, 7) is 0. The van der Waals surface area contributed by atoms with Gasteiger partial charge in [0.05, 0.1) is 10.1 Å². The maximum Gasteiger partial charge on any atom is 0.319 e. The molecule has 0 spiro atoms. The van der Waals surface area contributed by atoms with E-state index in [2.05, 4.69) is 10.6 Å². The molecular weight excluding hydrogens is 324 g/mol. The van der Waals surface area contributed by atoms with Gasteiger partial charge in [-0.1, -0.05) is 32.1 Å². The van der Waals surface area contributed by atoms with Gasteiger partial charge in [0, 0.05) is 11.7 Å². The number of urea groups is 1. The van der Waals surface area contributed by atoms with Crippen LogP contribution in [0.1, 0.15) is 57.8 Å². The van der Waals surface area contributed by atoms with Crippen LogP contribution in [0.25, 0.3) is 0 Å².